The third-order valence-electron chi connectivity index (χ3n) is 1.59. The number of hydrogen-bond acceptors (Lipinski definition) is 9. The number of halogens is 1. The zero-order valence-corrected chi connectivity index (χ0v) is 11.0. The molecule has 0 saturated heterocycles. The van der Waals surface area contributed by atoms with E-state index in [0.717, 1.165) is 22.3 Å². The zero-order valence-electron chi connectivity index (χ0n) is 8.55. The summed E-state index contributed by atoms with van der Waals surface area (Å²) in [5.41, 5.74) is 2.26. The highest BCUT2D eigenvalue weighted by Gasteiger charge is 2.12. The first-order valence-corrected chi connectivity index (χ1v) is 7.13. The summed E-state index contributed by atoms with van der Waals surface area (Å²) in [5, 5.41) is 7.98. The van der Waals surface area contributed by atoms with Gasteiger partial charge >= 0.3 is 0 Å². The highest BCUT2D eigenvalue weighted by Crippen LogP contribution is 2.33. The third-order valence-corrected chi connectivity index (χ3v) is 4.52. The maximum atomic E-state index is 13.4. The van der Waals surface area contributed by atoms with Crippen LogP contribution in [0.4, 0.5) is 10.3 Å². The lowest BCUT2D eigenvalue weighted by Crippen LogP contribution is -2.11. The molecule has 0 spiro atoms. The van der Waals surface area contributed by atoms with Crippen LogP contribution in [0.25, 0.3) is 0 Å². The number of thioether (sulfide) groups is 1. The van der Waals surface area contributed by atoms with E-state index in [1.807, 2.05) is 6.26 Å². The molecule has 2 rings (SSSR count). The molecule has 0 aliphatic carbocycles. The van der Waals surface area contributed by atoms with Crippen LogP contribution < -0.4 is 11.3 Å². The average molecular weight is 290 g/mol. The topological polar surface area (TPSA) is 89.6 Å². The lowest BCUT2D eigenvalue weighted by molar-refractivity contribution is 0.580. The van der Waals surface area contributed by atoms with E-state index in [9.17, 15) is 4.39 Å². The highest BCUT2D eigenvalue weighted by atomic mass is 32.2. The van der Waals surface area contributed by atoms with Gasteiger partial charge in [0.25, 0.3) is 0 Å². The summed E-state index contributed by atoms with van der Waals surface area (Å²) < 4.78 is 14.9. The van der Waals surface area contributed by atoms with Gasteiger partial charge in [0, 0.05) is 0 Å². The van der Waals surface area contributed by atoms with Gasteiger partial charge < -0.3 is 0 Å². The Morgan fingerprint density at radius 2 is 2.18 bits per heavy atom. The summed E-state index contributed by atoms with van der Waals surface area (Å²) in [4.78, 5) is 7.54. The van der Waals surface area contributed by atoms with E-state index in [1.165, 1.54) is 23.1 Å². The van der Waals surface area contributed by atoms with Crippen molar-refractivity contribution in [1.82, 2.24) is 20.2 Å². The molecule has 3 N–H and O–H groups in total. The molecular weight excluding hydrogens is 283 g/mol. The van der Waals surface area contributed by atoms with Crippen molar-refractivity contribution in [2.75, 3.05) is 11.7 Å². The molecule has 2 aromatic heterocycles. The number of rotatable bonds is 4. The van der Waals surface area contributed by atoms with E-state index < -0.39 is 5.82 Å². The molecule has 0 aliphatic heterocycles. The van der Waals surface area contributed by atoms with Crippen molar-refractivity contribution in [3.63, 3.8) is 0 Å². The molecule has 6 nitrogen and oxygen atoms in total. The van der Waals surface area contributed by atoms with Gasteiger partial charge in [-0.15, -0.1) is 10.2 Å². The Morgan fingerprint density at radius 3 is 2.82 bits per heavy atom. The van der Waals surface area contributed by atoms with E-state index >= 15 is 0 Å². The predicted molar refractivity (Wildman–Crippen MR) is 65.6 cm³/mol. The Balaban J connectivity index is 2.22. The first-order valence-electron chi connectivity index (χ1n) is 4.27. The second-order valence-electron chi connectivity index (χ2n) is 2.63. The number of anilines is 1. The van der Waals surface area contributed by atoms with E-state index in [1.54, 1.807) is 0 Å². The second kappa shape index (κ2) is 5.58. The van der Waals surface area contributed by atoms with Crippen LogP contribution in [0.1, 0.15) is 0 Å². The van der Waals surface area contributed by atoms with Crippen LogP contribution >= 0.6 is 34.9 Å². The normalized spacial score (nSPS) is 10.5. The Hall–Kier alpha value is -0.970. The van der Waals surface area contributed by atoms with Gasteiger partial charge in [0.15, 0.2) is 14.5 Å². The fourth-order valence-electron chi connectivity index (χ4n) is 0.896. The molecule has 2 heterocycles. The average Bonchev–Trinajstić information content (AvgIpc) is 2.80. The molecule has 17 heavy (non-hydrogen) atoms. The molecule has 0 saturated carbocycles. The van der Waals surface area contributed by atoms with Crippen molar-refractivity contribution in [2.45, 2.75) is 13.7 Å². The Morgan fingerprint density at radius 1 is 1.41 bits per heavy atom. The van der Waals surface area contributed by atoms with Crippen molar-refractivity contribution in [1.29, 1.82) is 0 Å². The highest BCUT2D eigenvalue weighted by molar-refractivity contribution is 8.02. The number of hydrogen-bond donors (Lipinski definition) is 2. The van der Waals surface area contributed by atoms with Crippen molar-refractivity contribution in [3.05, 3.63) is 12.0 Å². The number of nitrogens with zero attached hydrogens (tertiary/aromatic N) is 4. The van der Waals surface area contributed by atoms with Gasteiger partial charge in [-0.05, 0) is 18.0 Å². The molecule has 0 unspecified atom stereocenters. The van der Waals surface area contributed by atoms with Crippen LogP contribution in [0.3, 0.4) is 0 Å². The first kappa shape index (κ1) is 12.5. The van der Waals surface area contributed by atoms with Gasteiger partial charge in [-0.1, -0.05) is 23.1 Å². The number of aromatic nitrogens is 4. The minimum absolute atomic E-state index is 0.156. The maximum Gasteiger partial charge on any atom is 0.238 e. The summed E-state index contributed by atoms with van der Waals surface area (Å²) in [6.45, 7) is 0. The van der Waals surface area contributed by atoms with Crippen LogP contribution in [-0.2, 0) is 0 Å². The van der Waals surface area contributed by atoms with Gasteiger partial charge in [0.1, 0.15) is 5.03 Å². The molecule has 0 fully saturated rings. The Bertz CT molecular complexity index is 518. The minimum Gasteiger partial charge on any atom is -0.292 e. The maximum absolute atomic E-state index is 13.4. The van der Waals surface area contributed by atoms with E-state index in [2.05, 4.69) is 25.6 Å². The van der Waals surface area contributed by atoms with Gasteiger partial charge in [-0.2, -0.15) is 0 Å². The monoisotopic (exact) mass is 290 g/mol. The van der Waals surface area contributed by atoms with Crippen molar-refractivity contribution < 1.29 is 4.39 Å². The minimum atomic E-state index is -0.519. The molecule has 0 atom stereocenters. The fraction of sp³-hybridized carbons (Fsp3) is 0.143. The van der Waals surface area contributed by atoms with E-state index in [0.29, 0.717) is 4.34 Å². The summed E-state index contributed by atoms with van der Waals surface area (Å²) in [6.07, 6.45) is 2.96. The quantitative estimate of drug-likeness (QED) is 0.380. The fourth-order valence-corrected chi connectivity index (χ4v) is 3.23. The molecule has 0 aromatic carbocycles. The second-order valence-corrected chi connectivity index (χ2v) is 5.90. The van der Waals surface area contributed by atoms with Crippen molar-refractivity contribution in [3.8, 4) is 0 Å². The van der Waals surface area contributed by atoms with Crippen LogP contribution in [0.5, 0.6) is 0 Å². The van der Waals surface area contributed by atoms with E-state index in [4.69, 9.17) is 5.84 Å². The molecular formula is C7H7FN6S3. The van der Waals surface area contributed by atoms with Crippen LogP contribution in [0.15, 0.2) is 19.9 Å². The van der Waals surface area contributed by atoms with Gasteiger partial charge in [0.2, 0.25) is 5.95 Å². The van der Waals surface area contributed by atoms with Gasteiger partial charge in [0.05, 0.1) is 6.20 Å². The predicted octanol–water partition coefficient (Wildman–Crippen LogP) is 1.63. The molecule has 0 amide bonds. The molecule has 90 valence electrons. The SMILES string of the molecule is CSc1nnc(Sc2nc(NN)ncc2F)s1. The molecule has 0 bridgehead atoms. The lowest BCUT2D eigenvalue weighted by Gasteiger charge is -2.01. The molecule has 0 radical (unpaired) electrons. The largest absolute Gasteiger partial charge is 0.292 e. The zero-order chi connectivity index (χ0) is 12.3. The van der Waals surface area contributed by atoms with Gasteiger partial charge in [-0.3, -0.25) is 5.43 Å². The lowest BCUT2D eigenvalue weighted by atomic mass is 10.6. The summed E-state index contributed by atoms with van der Waals surface area (Å²) in [5.74, 6) is 4.79. The number of nitrogens with one attached hydrogen (secondary N) is 1. The first-order chi connectivity index (χ1) is 8.22. The smallest absolute Gasteiger partial charge is 0.238 e. The molecule has 2 aromatic rings. The van der Waals surface area contributed by atoms with Gasteiger partial charge in [-0.25, -0.2) is 20.2 Å². The number of nitrogen functional groups attached to an aromatic ring is 1. The standard InChI is InChI=1S/C7H7FN6S3/c1-15-6-13-14-7(17-6)16-4-3(8)2-10-5(11-4)12-9/h2H,9H2,1H3,(H,10,11,12). The van der Waals surface area contributed by atoms with Crippen molar-refractivity contribution in [2.24, 2.45) is 5.84 Å². The summed E-state index contributed by atoms with van der Waals surface area (Å²) in [7, 11) is 0. The summed E-state index contributed by atoms with van der Waals surface area (Å²) in [6, 6.07) is 0. The Labute approximate surface area is 109 Å². The molecule has 0 aliphatic rings. The molecule has 10 heteroatoms. The number of nitrogens with two attached hydrogens (primary N) is 1. The number of hydrazine groups is 1. The third kappa shape index (κ3) is 3.03. The van der Waals surface area contributed by atoms with E-state index in [-0.39, 0.29) is 11.0 Å². The van der Waals surface area contributed by atoms with Crippen LogP contribution in [0, 0.1) is 5.82 Å². The van der Waals surface area contributed by atoms with Crippen LogP contribution in [0.2, 0.25) is 0 Å². The van der Waals surface area contributed by atoms with Crippen LogP contribution in [-0.4, -0.2) is 26.4 Å². The Kier molecular flexibility index (Phi) is 4.10. The summed E-state index contributed by atoms with van der Waals surface area (Å²) >= 11 is 3.95. The van der Waals surface area contributed by atoms with Crippen molar-refractivity contribution >= 4 is 40.8 Å².